The summed E-state index contributed by atoms with van der Waals surface area (Å²) in [5.74, 6) is -0.133. The van der Waals surface area contributed by atoms with Crippen LogP contribution in [0.15, 0.2) is 41.1 Å². The van der Waals surface area contributed by atoms with Gasteiger partial charge in [0.05, 0.1) is 23.1 Å². The number of anilines is 2. The Kier molecular flexibility index (Phi) is 4.86. The SMILES string of the molecule is Cc1ccc(Nc2cncc(C(=O)NC(C)(C)C)c2)c(Br)c1. The maximum atomic E-state index is 12.2. The average molecular weight is 362 g/mol. The highest BCUT2D eigenvalue weighted by atomic mass is 79.9. The Morgan fingerprint density at radius 3 is 2.55 bits per heavy atom. The molecule has 0 saturated carbocycles. The lowest BCUT2D eigenvalue weighted by Gasteiger charge is -2.20. The average Bonchev–Trinajstić information content (AvgIpc) is 2.40. The number of hydrogen-bond acceptors (Lipinski definition) is 3. The molecule has 1 aromatic carbocycles. The van der Waals surface area contributed by atoms with Gasteiger partial charge in [-0.05, 0) is 67.4 Å². The molecule has 0 radical (unpaired) electrons. The normalized spacial score (nSPS) is 11.1. The van der Waals surface area contributed by atoms with E-state index in [-0.39, 0.29) is 11.4 Å². The number of hydrogen-bond donors (Lipinski definition) is 2. The van der Waals surface area contributed by atoms with Crippen LogP contribution in [0.25, 0.3) is 0 Å². The summed E-state index contributed by atoms with van der Waals surface area (Å²) in [5.41, 5.74) is 3.13. The summed E-state index contributed by atoms with van der Waals surface area (Å²) in [7, 11) is 0. The predicted molar refractivity (Wildman–Crippen MR) is 93.6 cm³/mol. The molecule has 5 heteroatoms. The van der Waals surface area contributed by atoms with Gasteiger partial charge in [0.25, 0.3) is 5.91 Å². The van der Waals surface area contributed by atoms with Crippen LogP contribution in [-0.2, 0) is 0 Å². The molecular weight excluding hydrogens is 342 g/mol. The van der Waals surface area contributed by atoms with Crippen LogP contribution in [0.4, 0.5) is 11.4 Å². The Morgan fingerprint density at radius 1 is 1.18 bits per heavy atom. The first-order valence-corrected chi connectivity index (χ1v) is 7.85. The summed E-state index contributed by atoms with van der Waals surface area (Å²) in [5, 5.41) is 6.20. The van der Waals surface area contributed by atoms with Gasteiger partial charge in [0, 0.05) is 16.2 Å². The minimum Gasteiger partial charge on any atom is -0.353 e. The van der Waals surface area contributed by atoms with Crippen molar-refractivity contribution >= 4 is 33.2 Å². The van der Waals surface area contributed by atoms with Gasteiger partial charge in [-0.1, -0.05) is 6.07 Å². The summed E-state index contributed by atoms with van der Waals surface area (Å²) in [6, 6.07) is 7.84. The second kappa shape index (κ2) is 6.48. The molecule has 0 aliphatic rings. The Hall–Kier alpha value is -1.88. The molecule has 22 heavy (non-hydrogen) atoms. The Balaban J connectivity index is 2.20. The van der Waals surface area contributed by atoms with Gasteiger partial charge in [0.1, 0.15) is 0 Å². The van der Waals surface area contributed by atoms with Gasteiger partial charge in [0.15, 0.2) is 0 Å². The Bertz CT molecular complexity index is 693. The molecule has 0 spiro atoms. The van der Waals surface area contributed by atoms with Crippen molar-refractivity contribution in [3.8, 4) is 0 Å². The summed E-state index contributed by atoms with van der Waals surface area (Å²) >= 11 is 3.53. The molecule has 116 valence electrons. The van der Waals surface area contributed by atoms with Crippen molar-refractivity contribution < 1.29 is 4.79 Å². The van der Waals surface area contributed by atoms with E-state index in [4.69, 9.17) is 0 Å². The molecule has 0 saturated heterocycles. The van der Waals surface area contributed by atoms with Crippen LogP contribution in [0.1, 0.15) is 36.7 Å². The van der Waals surface area contributed by atoms with Gasteiger partial charge in [-0.15, -0.1) is 0 Å². The van der Waals surface area contributed by atoms with Gasteiger partial charge in [0.2, 0.25) is 0 Å². The van der Waals surface area contributed by atoms with E-state index in [0.29, 0.717) is 5.56 Å². The van der Waals surface area contributed by atoms with Crippen LogP contribution < -0.4 is 10.6 Å². The summed E-state index contributed by atoms with van der Waals surface area (Å²) in [6.45, 7) is 7.88. The molecule has 1 aromatic heterocycles. The van der Waals surface area contributed by atoms with Crippen LogP contribution in [0.3, 0.4) is 0 Å². The van der Waals surface area contributed by atoms with Crippen LogP contribution >= 0.6 is 15.9 Å². The number of aromatic nitrogens is 1. The smallest absolute Gasteiger partial charge is 0.253 e. The maximum Gasteiger partial charge on any atom is 0.253 e. The fourth-order valence-electron chi connectivity index (χ4n) is 1.92. The Labute approximate surface area is 139 Å². The molecule has 0 fully saturated rings. The van der Waals surface area contributed by atoms with Crippen LogP contribution in [0.5, 0.6) is 0 Å². The highest BCUT2D eigenvalue weighted by molar-refractivity contribution is 9.10. The molecule has 0 unspecified atom stereocenters. The number of rotatable bonds is 3. The third-order valence-electron chi connectivity index (χ3n) is 2.89. The molecule has 1 heterocycles. The molecule has 1 amide bonds. The zero-order chi connectivity index (χ0) is 16.3. The highest BCUT2D eigenvalue weighted by Crippen LogP contribution is 2.26. The number of pyridine rings is 1. The monoisotopic (exact) mass is 361 g/mol. The lowest BCUT2D eigenvalue weighted by atomic mass is 10.1. The van der Waals surface area contributed by atoms with Gasteiger partial charge in [-0.2, -0.15) is 0 Å². The molecule has 0 aliphatic heterocycles. The summed E-state index contributed by atoms with van der Waals surface area (Å²) < 4.78 is 0.969. The van der Waals surface area contributed by atoms with E-state index in [1.54, 1.807) is 18.5 Å². The molecule has 2 aromatic rings. The molecule has 0 atom stereocenters. The van der Waals surface area contributed by atoms with Crippen molar-refractivity contribution in [2.24, 2.45) is 0 Å². The second-order valence-electron chi connectivity index (χ2n) is 6.27. The van der Waals surface area contributed by atoms with Crippen molar-refractivity contribution in [2.45, 2.75) is 33.2 Å². The first-order chi connectivity index (χ1) is 10.2. The lowest BCUT2D eigenvalue weighted by molar-refractivity contribution is 0.0919. The third kappa shape index (κ3) is 4.56. The summed E-state index contributed by atoms with van der Waals surface area (Å²) in [6.07, 6.45) is 3.26. The molecular formula is C17H20BrN3O. The molecule has 0 aliphatic carbocycles. The lowest BCUT2D eigenvalue weighted by Crippen LogP contribution is -2.40. The first kappa shape index (κ1) is 16.5. The van der Waals surface area contributed by atoms with Gasteiger partial charge >= 0.3 is 0 Å². The predicted octanol–water partition coefficient (Wildman–Crippen LogP) is 4.42. The van der Waals surface area contributed by atoms with Crippen molar-refractivity contribution in [1.82, 2.24) is 10.3 Å². The van der Waals surface area contributed by atoms with E-state index < -0.39 is 0 Å². The zero-order valence-corrected chi connectivity index (χ0v) is 14.8. The zero-order valence-electron chi connectivity index (χ0n) is 13.2. The number of aryl methyl sites for hydroxylation is 1. The van der Waals surface area contributed by atoms with Crippen molar-refractivity contribution in [1.29, 1.82) is 0 Å². The van der Waals surface area contributed by atoms with E-state index >= 15 is 0 Å². The fourth-order valence-corrected chi connectivity index (χ4v) is 2.51. The minimum atomic E-state index is -0.277. The number of nitrogens with zero attached hydrogens (tertiary/aromatic N) is 1. The fraction of sp³-hybridized carbons (Fsp3) is 0.294. The van der Waals surface area contributed by atoms with Gasteiger partial charge in [-0.3, -0.25) is 9.78 Å². The number of benzene rings is 1. The third-order valence-corrected chi connectivity index (χ3v) is 3.55. The van der Waals surface area contributed by atoms with Crippen molar-refractivity contribution in [3.63, 3.8) is 0 Å². The van der Waals surface area contributed by atoms with Crippen molar-refractivity contribution in [3.05, 3.63) is 52.3 Å². The van der Waals surface area contributed by atoms with Crippen molar-refractivity contribution in [2.75, 3.05) is 5.32 Å². The number of carbonyl (C=O) groups excluding carboxylic acids is 1. The molecule has 4 nitrogen and oxygen atoms in total. The van der Waals surface area contributed by atoms with E-state index in [1.807, 2.05) is 45.9 Å². The number of amides is 1. The largest absolute Gasteiger partial charge is 0.353 e. The standard InChI is InChI=1S/C17H20BrN3O/c1-11-5-6-15(14(18)7-11)20-13-8-12(9-19-10-13)16(22)21-17(2,3)4/h5-10,20H,1-4H3,(H,21,22). The van der Waals surface area contributed by atoms with Crippen LogP contribution in [0.2, 0.25) is 0 Å². The van der Waals surface area contributed by atoms with E-state index in [2.05, 4.69) is 31.5 Å². The highest BCUT2D eigenvalue weighted by Gasteiger charge is 2.15. The first-order valence-electron chi connectivity index (χ1n) is 7.05. The second-order valence-corrected chi connectivity index (χ2v) is 7.13. The van der Waals surface area contributed by atoms with Crippen LogP contribution in [-0.4, -0.2) is 16.4 Å². The Morgan fingerprint density at radius 2 is 1.91 bits per heavy atom. The number of halogens is 1. The summed E-state index contributed by atoms with van der Waals surface area (Å²) in [4.78, 5) is 16.3. The van der Waals surface area contributed by atoms with Crippen LogP contribution in [0, 0.1) is 6.92 Å². The van der Waals surface area contributed by atoms with E-state index in [9.17, 15) is 4.79 Å². The molecule has 0 bridgehead atoms. The van der Waals surface area contributed by atoms with E-state index in [1.165, 1.54) is 5.56 Å². The van der Waals surface area contributed by atoms with Gasteiger partial charge in [-0.25, -0.2) is 0 Å². The maximum absolute atomic E-state index is 12.2. The molecule has 2 rings (SSSR count). The van der Waals surface area contributed by atoms with Gasteiger partial charge < -0.3 is 10.6 Å². The quantitative estimate of drug-likeness (QED) is 0.850. The van der Waals surface area contributed by atoms with E-state index in [0.717, 1.165) is 15.8 Å². The number of carbonyl (C=O) groups is 1. The number of nitrogens with one attached hydrogen (secondary N) is 2. The molecule has 2 N–H and O–H groups in total. The minimum absolute atomic E-state index is 0.133. The topological polar surface area (TPSA) is 54.0 Å².